The number of nitrogens with zero attached hydrogens (tertiary/aromatic N) is 2. The van der Waals surface area contributed by atoms with E-state index in [1.54, 1.807) is 16.2 Å². The Bertz CT molecular complexity index is 691. The second-order valence-electron chi connectivity index (χ2n) is 6.85. The minimum Gasteiger partial charge on any atom is -0.481 e. The third-order valence-electron chi connectivity index (χ3n) is 5.29. The van der Waals surface area contributed by atoms with E-state index in [0.717, 1.165) is 18.4 Å². The summed E-state index contributed by atoms with van der Waals surface area (Å²) in [4.78, 5) is 28.2. The SMILES string of the molecule is CCC1c2ccsc2CCN1C(=O)CN1C[C@@H](C(F)(F)F)[C@H](C(=O)O)C1. The Morgan fingerprint density at radius 3 is 2.65 bits per heavy atom. The molecule has 9 heteroatoms. The molecule has 3 atom stereocenters. The molecule has 1 unspecified atom stereocenters. The fourth-order valence-corrected chi connectivity index (χ4v) is 4.94. The van der Waals surface area contributed by atoms with E-state index in [-0.39, 0.29) is 25.0 Å². The van der Waals surface area contributed by atoms with Crippen molar-refractivity contribution >= 4 is 23.2 Å². The molecule has 0 saturated carbocycles. The fourth-order valence-electron chi connectivity index (χ4n) is 4.01. The highest BCUT2D eigenvalue weighted by atomic mass is 32.1. The first-order valence-corrected chi connectivity index (χ1v) is 9.48. The minimum atomic E-state index is -4.58. The molecule has 1 N–H and O–H groups in total. The molecule has 1 aromatic rings. The van der Waals surface area contributed by atoms with Crippen molar-refractivity contribution in [1.29, 1.82) is 0 Å². The van der Waals surface area contributed by atoms with Gasteiger partial charge in [0.1, 0.15) is 0 Å². The molecule has 2 aliphatic rings. The smallest absolute Gasteiger partial charge is 0.393 e. The molecule has 0 bridgehead atoms. The van der Waals surface area contributed by atoms with Gasteiger partial charge >= 0.3 is 12.1 Å². The largest absolute Gasteiger partial charge is 0.481 e. The van der Waals surface area contributed by atoms with E-state index in [0.29, 0.717) is 6.54 Å². The zero-order valence-electron chi connectivity index (χ0n) is 14.3. The van der Waals surface area contributed by atoms with Gasteiger partial charge in [-0.2, -0.15) is 13.2 Å². The van der Waals surface area contributed by atoms with E-state index in [9.17, 15) is 22.8 Å². The molecular formula is C17H21F3N2O3S. The van der Waals surface area contributed by atoms with Crippen molar-refractivity contribution < 1.29 is 27.9 Å². The van der Waals surface area contributed by atoms with Gasteiger partial charge in [-0.1, -0.05) is 6.92 Å². The summed E-state index contributed by atoms with van der Waals surface area (Å²) >= 11 is 1.66. The Morgan fingerprint density at radius 2 is 2.08 bits per heavy atom. The summed E-state index contributed by atoms with van der Waals surface area (Å²) in [6, 6.07) is 1.94. The number of fused-ring (bicyclic) bond motifs is 1. The van der Waals surface area contributed by atoms with Gasteiger partial charge < -0.3 is 10.0 Å². The minimum absolute atomic E-state index is 0.0613. The van der Waals surface area contributed by atoms with Crippen molar-refractivity contribution in [2.75, 3.05) is 26.2 Å². The predicted molar refractivity (Wildman–Crippen MR) is 89.9 cm³/mol. The number of rotatable bonds is 4. The van der Waals surface area contributed by atoms with Crippen molar-refractivity contribution in [3.8, 4) is 0 Å². The fraction of sp³-hybridized carbons (Fsp3) is 0.647. The van der Waals surface area contributed by atoms with Gasteiger partial charge in [0.25, 0.3) is 0 Å². The van der Waals surface area contributed by atoms with E-state index in [2.05, 4.69) is 0 Å². The molecule has 5 nitrogen and oxygen atoms in total. The number of carbonyl (C=O) groups excluding carboxylic acids is 1. The highest BCUT2D eigenvalue weighted by Crippen LogP contribution is 2.38. The number of thiophene rings is 1. The van der Waals surface area contributed by atoms with E-state index >= 15 is 0 Å². The molecule has 3 heterocycles. The first kappa shape index (κ1) is 19.2. The summed E-state index contributed by atoms with van der Waals surface area (Å²) < 4.78 is 39.3. The molecule has 0 aliphatic carbocycles. The zero-order chi connectivity index (χ0) is 19.1. The molecule has 26 heavy (non-hydrogen) atoms. The topological polar surface area (TPSA) is 60.9 Å². The number of aliphatic carboxylic acids is 1. The van der Waals surface area contributed by atoms with Crippen LogP contribution in [0.5, 0.6) is 0 Å². The molecule has 1 fully saturated rings. The Morgan fingerprint density at radius 1 is 1.35 bits per heavy atom. The number of amides is 1. The van der Waals surface area contributed by atoms with Crippen LogP contribution >= 0.6 is 11.3 Å². The monoisotopic (exact) mass is 390 g/mol. The van der Waals surface area contributed by atoms with Crippen molar-refractivity contribution in [3.63, 3.8) is 0 Å². The van der Waals surface area contributed by atoms with E-state index < -0.39 is 30.5 Å². The van der Waals surface area contributed by atoms with E-state index in [4.69, 9.17) is 5.11 Å². The van der Waals surface area contributed by atoms with Crippen LogP contribution in [0.3, 0.4) is 0 Å². The molecule has 0 radical (unpaired) electrons. The number of carbonyl (C=O) groups is 2. The maximum absolute atomic E-state index is 13.1. The normalized spacial score (nSPS) is 26.8. The summed E-state index contributed by atoms with van der Waals surface area (Å²) in [5, 5.41) is 11.1. The average Bonchev–Trinajstić information content (AvgIpc) is 3.19. The number of hydrogen-bond donors (Lipinski definition) is 1. The molecule has 0 aromatic carbocycles. The quantitative estimate of drug-likeness (QED) is 0.859. The second kappa shape index (κ2) is 7.19. The molecule has 0 spiro atoms. The van der Waals surface area contributed by atoms with Crippen LogP contribution in [0.1, 0.15) is 29.8 Å². The summed E-state index contributed by atoms with van der Waals surface area (Å²) in [6.07, 6.45) is -3.10. The highest BCUT2D eigenvalue weighted by Gasteiger charge is 2.52. The lowest BCUT2D eigenvalue weighted by Gasteiger charge is -2.36. The summed E-state index contributed by atoms with van der Waals surface area (Å²) in [6.45, 7) is 1.66. The maximum Gasteiger partial charge on any atom is 0.393 e. The van der Waals surface area contributed by atoms with Gasteiger partial charge in [-0.3, -0.25) is 14.5 Å². The lowest BCUT2D eigenvalue weighted by atomic mass is 9.96. The van der Waals surface area contributed by atoms with Crippen LogP contribution in [0.2, 0.25) is 0 Å². The van der Waals surface area contributed by atoms with Crippen LogP contribution in [0.25, 0.3) is 0 Å². The Hall–Kier alpha value is -1.61. The van der Waals surface area contributed by atoms with Gasteiger partial charge in [-0.25, -0.2) is 0 Å². The van der Waals surface area contributed by atoms with Gasteiger partial charge in [0.2, 0.25) is 5.91 Å². The maximum atomic E-state index is 13.1. The number of alkyl halides is 3. The predicted octanol–water partition coefficient (Wildman–Crippen LogP) is 2.78. The third-order valence-corrected chi connectivity index (χ3v) is 6.29. The van der Waals surface area contributed by atoms with Crippen molar-refractivity contribution in [2.45, 2.75) is 32.0 Å². The Balaban J connectivity index is 1.69. The van der Waals surface area contributed by atoms with Crippen LogP contribution in [-0.2, 0) is 16.0 Å². The number of likely N-dealkylation sites (tertiary alicyclic amines) is 1. The number of carboxylic acids is 1. The van der Waals surface area contributed by atoms with Crippen LogP contribution < -0.4 is 0 Å². The van der Waals surface area contributed by atoms with Crippen molar-refractivity contribution in [1.82, 2.24) is 9.80 Å². The van der Waals surface area contributed by atoms with Crippen LogP contribution in [0.15, 0.2) is 11.4 Å². The standard InChI is InChI=1S/C17H21F3N2O3S/c1-2-13-10-4-6-26-14(10)3-5-22(13)15(23)9-21-7-11(16(24)25)12(8-21)17(18,19)20/h4,6,11-13H,2-3,5,7-9H2,1H3,(H,24,25)/t11-,12-,13?/m1/s1. The summed E-state index contributed by atoms with van der Waals surface area (Å²) in [7, 11) is 0. The zero-order valence-corrected chi connectivity index (χ0v) is 15.1. The second-order valence-corrected chi connectivity index (χ2v) is 7.85. The molecule has 144 valence electrons. The van der Waals surface area contributed by atoms with Gasteiger partial charge in [0.05, 0.1) is 24.4 Å². The summed E-state index contributed by atoms with van der Waals surface area (Å²) in [5.74, 6) is -5.15. The first-order chi connectivity index (χ1) is 12.2. The summed E-state index contributed by atoms with van der Waals surface area (Å²) in [5.41, 5.74) is 1.12. The molecule has 1 amide bonds. The lowest BCUT2D eigenvalue weighted by Crippen LogP contribution is -2.44. The highest BCUT2D eigenvalue weighted by molar-refractivity contribution is 7.10. The van der Waals surface area contributed by atoms with Gasteiger partial charge in [-0.05, 0) is 29.9 Å². The molecule has 3 rings (SSSR count). The van der Waals surface area contributed by atoms with Crippen LogP contribution in [0.4, 0.5) is 13.2 Å². The number of hydrogen-bond acceptors (Lipinski definition) is 4. The lowest BCUT2D eigenvalue weighted by molar-refractivity contribution is -0.188. The molecule has 1 aromatic heterocycles. The van der Waals surface area contributed by atoms with Crippen LogP contribution in [-0.4, -0.2) is 59.1 Å². The first-order valence-electron chi connectivity index (χ1n) is 8.60. The van der Waals surface area contributed by atoms with Crippen molar-refractivity contribution in [2.24, 2.45) is 11.8 Å². The van der Waals surface area contributed by atoms with E-state index in [1.807, 2.05) is 18.4 Å². The molecule has 2 aliphatic heterocycles. The molecular weight excluding hydrogens is 369 g/mol. The van der Waals surface area contributed by atoms with Crippen molar-refractivity contribution in [3.05, 3.63) is 21.9 Å². The van der Waals surface area contributed by atoms with E-state index in [1.165, 1.54) is 9.78 Å². The molecule has 1 saturated heterocycles. The van der Waals surface area contributed by atoms with Gasteiger partial charge in [0, 0.05) is 24.5 Å². The average molecular weight is 390 g/mol. The van der Waals surface area contributed by atoms with Gasteiger partial charge in [0.15, 0.2) is 0 Å². The number of halogens is 3. The Labute approximate surface area is 153 Å². The third kappa shape index (κ3) is 3.59. The van der Waals surface area contributed by atoms with Gasteiger partial charge in [-0.15, -0.1) is 11.3 Å². The Kier molecular flexibility index (Phi) is 5.30. The number of carboxylic acid groups (broad SMARTS) is 1. The van der Waals surface area contributed by atoms with Crippen LogP contribution in [0, 0.1) is 11.8 Å².